The molecule has 4 rings (SSSR count). The van der Waals surface area contributed by atoms with Crippen LogP contribution in [0.3, 0.4) is 0 Å². The summed E-state index contributed by atoms with van der Waals surface area (Å²) in [7, 11) is 0. The van der Waals surface area contributed by atoms with Gasteiger partial charge >= 0.3 is 0 Å². The second kappa shape index (κ2) is 7.59. The van der Waals surface area contributed by atoms with Gasteiger partial charge in [0, 0.05) is 22.2 Å². The van der Waals surface area contributed by atoms with Gasteiger partial charge in [-0.2, -0.15) is 0 Å². The number of nitrogens with zero attached hydrogens (tertiary/aromatic N) is 3. The van der Waals surface area contributed by atoms with Crippen LogP contribution in [0, 0.1) is 16.3 Å². The van der Waals surface area contributed by atoms with Crippen molar-refractivity contribution in [3.63, 3.8) is 0 Å². The molecule has 7 heteroatoms. The Morgan fingerprint density at radius 2 is 1.79 bits per heavy atom. The van der Waals surface area contributed by atoms with E-state index in [1.165, 1.54) is 12.1 Å². The number of rotatable bonds is 4. The van der Waals surface area contributed by atoms with Crippen LogP contribution < -0.4 is 5.32 Å². The standard InChI is InChI=1S/C21H14FIN4O/c1-12-16-8-14(4-7-19(16)25-10-24-12)17-9-18(23)21(26-11-28)27-20(17)13-2-5-15(22)6-3-13/h2-11H,1H3,(H,26,27,28). The third-order valence-electron chi connectivity index (χ3n) is 4.43. The molecule has 2 aromatic heterocycles. The summed E-state index contributed by atoms with van der Waals surface area (Å²) in [5.41, 5.74) is 4.96. The molecule has 1 amide bonds. The zero-order valence-corrected chi connectivity index (χ0v) is 16.9. The van der Waals surface area contributed by atoms with Gasteiger partial charge in [-0.25, -0.2) is 19.3 Å². The minimum absolute atomic E-state index is 0.319. The number of benzene rings is 2. The summed E-state index contributed by atoms with van der Waals surface area (Å²) in [5, 5.41) is 3.58. The Kier molecular flexibility index (Phi) is 4.99. The first-order valence-electron chi connectivity index (χ1n) is 8.45. The van der Waals surface area contributed by atoms with Gasteiger partial charge in [-0.15, -0.1) is 0 Å². The Bertz CT molecular complexity index is 1200. The molecule has 0 radical (unpaired) electrons. The highest BCUT2D eigenvalue weighted by atomic mass is 127. The molecular weight excluding hydrogens is 470 g/mol. The van der Waals surface area contributed by atoms with E-state index in [0.29, 0.717) is 17.9 Å². The van der Waals surface area contributed by atoms with Crippen LogP contribution in [0.25, 0.3) is 33.3 Å². The molecule has 0 fully saturated rings. The summed E-state index contributed by atoms with van der Waals surface area (Å²) in [6.45, 7) is 1.94. The molecule has 0 aliphatic rings. The monoisotopic (exact) mass is 484 g/mol. The molecule has 0 aliphatic heterocycles. The maximum atomic E-state index is 13.4. The molecule has 0 saturated heterocycles. The quantitative estimate of drug-likeness (QED) is 0.328. The van der Waals surface area contributed by atoms with Crippen molar-refractivity contribution in [3.05, 3.63) is 69.9 Å². The van der Waals surface area contributed by atoms with E-state index in [9.17, 15) is 9.18 Å². The number of pyridine rings is 1. The normalized spacial score (nSPS) is 10.8. The maximum absolute atomic E-state index is 13.4. The van der Waals surface area contributed by atoms with Crippen LogP contribution in [-0.4, -0.2) is 21.4 Å². The van der Waals surface area contributed by atoms with Crippen LogP contribution in [0.5, 0.6) is 0 Å². The summed E-state index contributed by atoms with van der Waals surface area (Å²) in [6, 6.07) is 14.0. The van der Waals surface area contributed by atoms with E-state index < -0.39 is 0 Å². The Labute approximate surface area is 174 Å². The molecule has 2 aromatic carbocycles. The van der Waals surface area contributed by atoms with Crippen LogP contribution in [0.2, 0.25) is 0 Å². The first-order valence-corrected chi connectivity index (χ1v) is 9.53. The highest BCUT2D eigenvalue weighted by Crippen LogP contribution is 2.35. The van der Waals surface area contributed by atoms with Gasteiger partial charge in [-0.3, -0.25) is 4.79 Å². The summed E-state index contributed by atoms with van der Waals surface area (Å²) < 4.78 is 14.2. The van der Waals surface area contributed by atoms with Gasteiger partial charge in [-0.05, 0) is 77.5 Å². The minimum Gasteiger partial charge on any atom is -0.312 e. The molecular formula is C21H14FIN4O. The van der Waals surface area contributed by atoms with E-state index in [2.05, 4.69) is 42.9 Å². The molecule has 0 atom stereocenters. The lowest BCUT2D eigenvalue weighted by atomic mass is 9.97. The predicted molar refractivity (Wildman–Crippen MR) is 115 cm³/mol. The topological polar surface area (TPSA) is 67.8 Å². The molecule has 138 valence electrons. The first-order chi connectivity index (χ1) is 13.6. The number of fused-ring (bicyclic) bond motifs is 1. The van der Waals surface area contributed by atoms with Gasteiger partial charge in [0.25, 0.3) is 0 Å². The molecule has 5 nitrogen and oxygen atoms in total. The van der Waals surface area contributed by atoms with E-state index in [-0.39, 0.29) is 5.82 Å². The summed E-state index contributed by atoms with van der Waals surface area (Å²) in [5.74, 6) is 0.138. The third-order valence-corrected chi connectivity index (χ3v) is 5.26. The van der Waals surface area contributed by atoms with Crippen molar-refractivity contribution in [2.24, 2.45) is 0 Å². The van der Waals surface area contributed by atoms with Crippen molar-refractivity contribution >= 4 is 45.7 Å². The van der Waals surface area contributed by atoms with E-state index >= 15 is 0 Å². The number of aryl methyl sites for hydroxylation is 1. The number of aromatic nitrogens is 3. The second-order valence-corrected chi connectivity index (χ2v) is 7.34. The number of anilines is 1. The molecule has 0 spiro atoms. The third kappa shape index (κ3) is 3.45. The van der Waals surface area contributed by atoms with Crippen molar-refractivity contribution in [2.75, 3.05) is 5.32 Å². The van der Waals surface area contributed by atoms with Crippen LogP contribution in [0.4, 0.5) is 10.2 Å². The van der Waals surface area contributed by atoms with Crippen LogP contribution in [0.1, 0.15) is 5.69 Å². The SMILES string of the molecule is Cc1ncnc2ccc(-c3cc(I)c(NC=O)nc3-c3ccc(F)cc3)cc12. The molecule has 28 heavy (non-hydrogen) atoms. The van der Waals surface area contributed by atoms with Gasteiger partial charge in [0.15, 0.2) is 0 Å². The number of amides is 1. The highest BCUT2D eigenvalue weighted by Gasteiger charge is 2.15. The second-order valence-electron chi connectivity index (χ2n) is 6.18. The van der Waals surface area contributed by atoms with E-state index in [1.807, 2.05) is 31.2 Å². The number of hydrogen-bond donors (Lipinski definition) is 1. The van der Waals surface area contributed by atoms with Crippen molar-refractivity contribution in [1.29, 1.82) is 0 Å². The average molecular weight is 484 g/mol. The number of nitrogens with one attached hydrogen (secondary N) is 1. The van der Waals surface area contributed by atoms with Gasteiger partial charge < -0.3 is 5.32 Å². The summed E-state index contributed by atoms with van der Waals surface area (Å²) >= 11 is 2.13. The lowest BCUT2D eigenvalue weighted by Crippen LogP contribution is -2.02. The van der Waals surface area contributed by atoms with Crippen molar-refractivity contribution < 1.29 is 9.18 Å². The lowest BCUT2D eigenvalue weighted by molar-refractivity contribution is -0.105. The number of carbonyl (C=O) groups excluding carboxylic acids is 1. The molecule has 0 aliphatic carbocycles. The fourth-order valence-electron chi connectivity index (χ4n) is 3.05. The van der Waals surface area contributed by atoms with E-state index in [4.69, 9.17) is 0 Å². The molecule has 4 aromatic rings. The molecule has 2 heterocycles. The van der Waals surface area contributed by atoms with Crippen molar-refractivity contribution in [1.82, 2.24) is 15.0 Å². The van der Waals surface area contributed by atoms with Crippen molar-refractivity contribution in [3.8, 4) is 22.4 Å². The molecule has 0 unspecified atom stereocenters. The smallest absolute Gasteiger partial charge is 0.212 e. The molecule has 0 saturated carbocycles. The first kappa shape index (κ1) is 18.4. The minimum atomic E-state index is -0.319. The highest BCUT2D eigenvalue weighted by molar-refractivity contribution is 14.1. The van der Waals surface area contributed by atoms with Crippen LogP contribution >= 0.6 is 22.6 Å². The predicted octanol–water partition coefficient (Wildman–Crippen LogP) is 4.98. The van der Waals surface area contributed by atoms with Gasteiger partial charge in [0.1, 0.15) is 18.0 Å². The average Bonchev–Trinajstić information content (AvgIpc) is 2.70. The van der Waals surface area contributed by atoms with Gasteiger partial charge in [0.05, 0.1) is 14.8 Å². The van der Waals surface area contributed by atoms with Gasteiger partial charge in [0.2, 0.25) is 6.41 Å². The number of halogens is 2. The Morgan fingerprint density at radius 3 is 2.54 bits per heavy atom. The van der Waals surface area contributed by atoms with E-state index in [0.717, 1.165) is 36.9 Å². The van der Waals surface area contributed by atoms with Gasteiger partial charge in [-0.1, -0.05) is 6.07 Å². The summed E-state index contributed by atoms with van der Waals surface area (Å²) in [4.78, 5) is 24.2. The number of carbonyl (C=O) groups is 1. The fraction of sp³-hybridized carbons (Fsp3) is 0.0476. The maximum Gasteiger partial charge on any atom is 0.212 e. The zero-order valence-electron chi connectivity index (χ0n) is 14.8. The molecule has 1 N–H and O–H groups in total. The van der Waals surface area contributed by atoms with Crippen LogP contribution in [0.15, 0.2) is 54.9 Å². The lowest BCUT2D eigenvalue weighted by Gasteiger charge is -2.14. The van der Waals surface area contributed by atoms with Crippen molar-refractivity contribution in [2.45, 2.75) is 6.92 Å². The Morgan fingerprint density at radius 1 is 1.04 bits per heavy atom. The summed E-state index contributed by atoms with van der Waals surface area (Å²) in [6.07, 6.45) is 2.14. The Hall–Kier alpha value is -2.94. The Balaban J connectivity index is 1.97. The zero-order chi connectivity index (χ0) is 19.7. The van der Waals surface area contributed by atoms with E-state index in [1.54, 1.807) is 18.5 Å². The van der Waals surface area contributed by atoms with Crippen LogP contribution in [-0.2, 0) is 4.79 Å². The molecule has 0 bridgehead atoms. The fourth-order valence-corrected chi connectivity index (χ4v) is 3.63. The largest absolute Gasteiger partial charge is 0.312 e. The number of hydrogen-bond acceptors (Lipinski definition) is 4.